The van der Waals surface area contributed by atoms with E-state index in [4.69, 9.17) is 28.5 Å². The van der Waals surface area contributed by atoms with Crippen LogP contribution in [-0.4, -0.2) is 102 Å². The molecule has 3 fully saturated rings. The molecule has 37 heavy (non-hydrogen) atoms. The van der Waals surface area contributed by atoms with Crippen molar-refractivity contribution in [3.05, 3.63) is 33.8 Å². The molecule has 1 aromatic rings. The van der Waals surface area contributed by atoms with Gasteiger partial charge in [0.25, 0.3) is 0 Å². The second-order valence-electron chi connectivity index (χ2n) is 9.24. The van der Waals surface area contributed by atoms with E-state index in [-0.39, 0.29) is 45.7 Å². The largest absolute Gasteiger partial charge is 0.465 e. The van der Waals surface area contributed by atoms with Gasteiger partial charge < -0.3 is 20.6 Å². The molecule has 1 aromatic carbocycles. The number of carbonyl (C=O) groups is 3. The van der Waals surface area contributed by atoms with Crippen LogP contribution < -0.4 is 10.6 Å². The van der Waals surface area contributed by atoms with Crippen LogP contribution in [0, 0.1) is 17.2 Å². The van der Waals surface area contributed by atoms with Gasteiger partial charge in [-0.25, -0.2) is 13.2 Å². The first-order chi connectivity index (χ1) is 17.5. The molecule has 0 radical (unpaired) electrons. The van der Waals surface area contributed by atoms with Crippen LogP contribution in [-0.2, 0) is 26.2 Å². The summed E-state index contributed by atoms with van der Waals surface area (Å²) < 4.78 is 27.6. The van der Waals surface area contributed by atoms with Gasteiger partial charge in [-0.3, -0.25) is 14.5 Å². The molecule has 3 N–H and O–H groups in total. The molecule has 3 heterocycles. The summed E-state index contributed by atoms with van der Waals surface area (Å²) in [5, 5.41) is 24.0. The van der Waals surface area contributed by atoms with Crippen molar-refractivity contribution >= 4 is 51.1 Å². The van der Waals surface area contributed by atoms with Crippen molar-refractivity contribution < 1.29 is 27.9 Å². The topological polar surface area (TPSA) is 163 Å². The van der Waals surface area contributed by atoms with Crippen LogP contribution in [0.5, 0.6) is 0 Å². The van der Waals surface area contributed by atoms with Gasteiger partial charge in [-0.15, -0.1) is 0 Å². The number of likely N-dealkylation sites (tertiary alicyclic amines) is 1. The number of sulfonamides is 1. The molecule has 15 heteroatoms. The van der Waals surface area contributed by atoms with Gasteiger partial charge in [0.2, 0.25) is 21.8 Å². The van der Waals surface area contributed by atoms with Crippen molar-refractivity contribution in [3.8, 4) is 6.07 Å². The number of halogens is 2. The molecule has 0 bridgehead atoms. The number of hydrogen-bond acceptors (Lipinski definition) is 7. The van der Waals surface area contributed by atoms with Gasteiger partial charge in [0.05, 0.1) is 17.2 Å². The van der Waals surface area contributed by atoms with Crippen LogP contribution in [0.4, 0.5) is 4.79 Å². The minimum Gasteiger partial charge on any atom is -0.465 e. The second kappa shape index (κ2) is 11.0. The fourth-order valence-electron chi connectivity index (χ4n) is 4.81. The van der Waals surface area contributed by atoms with Crippen molar-refractivity contribution in [2.75, 3.05) is 39.3 Å². The third-order valence-corrected chi connectivity index (χ3v) is 9.46. The van der Waals surface area contributed by atoms with Gasteiger partial charge in [-0.1, -0.05) is 23.2 Å². The fraction of sp³-hybridized carbons (Fsp3) is 0.545. The number of nitrogens with zero attached hydrogens (tertiary/aromatic N) is 4. The van der Waals surface area contributed by atoms with Crippen molar-refractivity contribution in [1.29, 1.82) is 5.26 Å². The smallest absolute Gasteiger partial charge is 0.408 e. The molecule has 3 aliphatic heterocycles. The summed E-state index contributed by atoms with van der Waals surface area (Å²) in [4.78, 5) is 40.7. The summed E-state index contributed by atoms with van der Waals surface area (Å²) in [5.41, 5.74) is 0.613. The molecule has 3 saturated heterocycles. The average Bonchev–Trinajstić information content (AvgIpc) is 3.27. The van der Waals surface area contributed by atoms with Gasteiger partial charge in [-0.05, 0) is 30.2 Å². The summed E-state index contributed by atoms with van der Waals surface area (Å²) >= 11 is 12.0. The van der Waals surface area contributed by atoms with Gasteiger partial charge in [-0.2, -0.15) is 9.57 Å². The quantitative estimate of drug-likeness (QED) is 0.438. The Morgan fingerprint density at radius 2 is 1.78 bits per heavy atom. The Labute approximate surface area is 224 Å². The summed E-state index contributed by atoms with van der Waals surface area (Å²) in [6.07, 6.45) is -1.43. The Bertz CT molecular complexity index is 1210. The van der Waals surface area contributed by atoms with Crippen molar-refractivity contribution in [1.82, 2.24) is 24.7 Å². The zero-order chi connectivity index (χ0) is 26.9. The highest BCUT2D eigenvalue weighted by atomic mass is 35.5. The maximum absolute atomic E-state index is 13.5. The molecule has 4 rings (SSSR count). The number of piperazine rings is 1. The first-order valence-corrected chi connectivity index (χ1v) is 13.9. The maximum Gasteiger partial charge on any atom is 0.408 e. The minimum atomic E-state index is -3.89. The highest BCUT2D eigenvalue weighted by Gasteiger charge is 2.50. The van der Waals surface area contributed by atoms with Gasteiger partial charge >= 0.3 is 6.09 Å². The average molecular weight is 573 g/mol. The van der Waals surface area contributed by atoms with Crippen molar-refractivity contribution in [2.24, 2.45) is 5.92 Å². The molecule has 0 aliphatic carbocycles. The van der Waals surface area contributed by atoms with E-state index in [0.717, 1.165) is 9.80 Å². The van der Waals surface area contributed by atoms with E-state index in [1.54, 1.807) is 18.2 Å². The van der Waals surface area contributed by atoms with Crippen LogP contribution in [0.2, 0.25) is 10.0 Å². The summed E-state index contributed by atoms with van der Waals surface area (Å²) in [6, 6.07) is 4.57. The maximum atomic E-state index is 13.5. The number of nitrogens with one attached hydrogen (secondary N) is 2. The summed E-state index contributed by atoms with van der Waals surface area (Å²) in [7, 11) is -3.89. The van der Waals surface area contributed by atoms with Crippen molar-refractivity contribution in [3.63, 3.8) is 0 Å². The number of benzene rings is 1. The zero-order valence-electron chi connectivity index (χ0n) is 19.6. The number of rotatable bonds is 6. The SMILES string of the molecule is N#CC1CN(S(=O)(=O)C2CC(C(=O)NCc3cc(Cl)cc(Cl)c3)N(C(=O)C3CNCCN3C(=O)O)C2)C1. The first-order valence-electron chi connectivity index (χ1n) is 11.6. The number of carboxylic acid groups (broad SMARTS) is 1. The third-order valence-electron chi connectivity index (χ3n) is 6.82. The minimum absolute atomic E-state index is 0.0390. The fourth-order valence-corrected chi connectivity index (χ4v) is 7.35. The standard InChI is InChI=1S/C22H26Cl2N6O6S/c23-15-3-13(4-16(24)5-15)8-27-20(31)18-6-17(37(35,36)28-10-14(7-25)11-28)12-30(18)21(32)19-9-26-1-2-29(19)22(33)34/h3-5,14,17-19,26H,1-2,6,8-12H2,(H,27,31)(H,33,34). The first kappa shape index (κ1) is 27.4. The van der Waals surface area contributed by atoms with Crippen molar-refractivity contribution in [2.45, 2.75) is 30.3 Å². The van der Waals surface area contributed by atoms with E-state index < -0.39 is 51.2 Å². The molecule has 0 aromatic heterocycles. The molecule has 3 unspecified atom stereocenters. The predicted molar refractivity (Wildman–Crippen MR) is 133 cm³/mol. The number of nitriles is 1. The lowest BCUT2D eigenvalue weighted by Crippen LogP contribution is -2.61. The monoisotopic (exact) mass is 572 g/mol. The van der Waals surface area contributed by atoms with Gasteiger partial charge in [0.15, 0.2) is 0 Å². The molecule has 3 amide bonds. The molecule has 3 atom stereocenters. The molecule has 0 saturated carbocycles. The van der Waals surface area contributed by atoms with Crippen LogP contribution in [0.3, 0.4) is 0 Å². The van der Waals surface area contributed by atoms with Gasteiger partial charge in [0, 0.05) is 55.9 Å². The van der Waals surface area contributed by atoms with Crippen LogP contribution in [0.15, 0.2) is 18.2 Å². The van der Waals surface area contributed by atoms with E-state index in [9.17, 15) is 27.9 Å². The Kier molecular flexibility index (Phi) is 8.15. The molecular weight excluding hydrogens is 547 g/mol. The zero-order valence-corrected chi connectivity index (χ0v) is 22.0. The number of amides is 3. The Morgan fingerprint density at radius 1 is 1.11 bits per heavy atom. The normalized spacial score (nSPS) is 24.8. The lowest BCUT2D eigenvalue weighted by Gasteiger charge is -2.37. The molecule has 12 nitrogen and oxygen atoms in total. The molecular formula is C22H26Cl2N6O6S. The van der Waals surface area contributed by atoms with E-state index in [0.29, 0.717) is 22.2 Å². The van der Waals surface area contributed by atoms with Crippen LogP contribution >= 0.6 is 23.2 Å². The van der Waals surface area contributed by atoms with E-state index in [1.165, 1.54) is 4.31 Å². The highest BCUT2D eigenvalue weighted by molar-refractivity contribution is 7.89. The van der Waals surface area contributed by atoms with E-state index in [2.05, 4.69) is 10.6 Å². The second-order valence-corrected chi connectivity index (χ2v) is 12.3. The summed E-state index contributed by atoms with van der Waals surface area (Å²) in [5.74, 6) is -1.61. The van der Waals surface area contributed by atoms with Crippen LogP contribution in [0.25, 0.3) is 0 Å². The molecule has 200 valence electrons. The molecule has 0 spiro atoms. The lowest BCUT2D eigenvalue weighted by molar-refractivity contribution is -0.142. The van der Waals surface area contributed by atoms with Gasteiger partial charge in [0.1, 0.15) is 12.1 Å². The Balaban J connectivity index is 1.55. The predicted octanol–water partition coefficient (Wildman–Crippen LogP) is 0.316. The lowest BCUT2D eigenvalue weighted by atomic mass is 10.1. The van der Waals surface area contributed by atoms with Crippen LogP contribution in [0.1, 0.15) is 12.0 Å². The van der Waals surface area contributed by atoms with E-state index >= 15 is 0 Å². The molecule has 3 aliphatic rings. The third kappa shape index (κ3) is 5.78. The van der Waals surface area contributed by atoms with E-state index in [1.807, 2.05) is 6.07 Å². The summed E-state index contributed by atoms with van der Waals surface area (Å²) in [6.45, 7) is 0.400. The highest BCUT2D eigenvalue weighted by Crippen LogP contribution is 2.31. The Hall–Kier alpha value is -2.63. The Morgan fingerprint density at radius 3 is 2.41 bits per heavy atom. The number of carbonyl (C=O) groups excluding carboxylic acids is 2. The number of hydrogen-bond donors (Lipinski definition) is 3.